The molecule has 6 heteroatoms. The van der Waals surface area contributed by atoms with Gasteiger partial charge in [-0.25, -0.2) is 4.98 Å². The zero-order valence-electron chi connectivity index (χ0n) is 9.11. The normalized spacial score (nSPS) is 11.0. The van der Waals surface area contributed by atoms with Crippen molar-refractivity contribution in [2.75, 3.05) is 5.73 Å². The highest BCUT2D eigenvalue weighted by Gasteiger charge is 2.11. The highest BCUT2D eigenvalue weighted by molar-refractivity contribution is 6.42. The molecule has 0 saturated carbocycles. The summed E-state index contributed by atoms with van der Waals surface area (Å²) in [5, 5.41) is 0.949. The van der Waals surface area contributed by atoms with Crippen LogP contribution in [-0.4, -0.2) is 15.0 Å². The molecule has 0 atom stereocenters. The molecule has 0 bridgehead atoms. The van der Waals surface area contributed by atoms with E-state index in [1.807, 2.05) is 0 Å². The van der Waals surface area contributed by atoms with Crippen molar-refractivity contribution in [3.63, 3.8) is 0 Å². The van der Waals surface area contributed by atoms with Crippen molar-refractivity contribution < 1.29 is 0 Å². The van der Waals surface area contributed by atoms with Crippen molar-refractivity contribution in [3.05, 3.63) is 40.5 Å². The fourth-order valence-corrected chi connectivity index (χ4v) is 2.05. The van der Waals surface area contributed by atoms with E-state index in [-0.39, 0.29) is 0 Å². The third-order valence-corrected chi connectivity index (χ3v) is 3.31. The minimum absolute atomic E-state index is 0.469. The Labute approximate surface area is 113 Å². The van der Waals surface area contributed by atoms with Crippen LogP contribution in [-0.2, 0) is 0 Å². The molecule has 4 nitrogen and oxygen atoms in total. The summed E-state index contributed by atoms with van der Waals surface area (Å²) in [6, 6.07) is 6.98. The maximum absolute atomic E-state index is 5.95. The molecule has 0 aliphatic carbocycles. The van der Waals surface area contributed by atoms with Gasteiger partial charge >= 0.3 is 0 Å². The first-order valence-corrected chi connectivity index (χ1v) is 5.96. The van der Waals surface area contributed by atoms with Crippen LogP contribution in [0.2, 0.25) is 10.0 Å². The average molecular weight is 279 g/mol. The van der Waals surface area contributed by atoms with Gasteiger partial charge in [-0.3, -0.25) is 4.98 Å². The summed E-state index contributed by atoms with van der Waals surface area (Å²) in [4.78, 5) is 11.7. The van der Waals surface area contributed by atoms with Crippen LogP contribution in [0.25, 0.3) is 22.6 Å². The van der Waals surface area contributed by atoms with Crippen LogP contribution >= 0.6 is 23.2 Å². The second kappa shape index (κ2) is 4.15. The molecule has 3 N–H and O–H groups in total. The molecule has 0 aliphatic rings. The lowest BCUT2D eigenvalue weighted by molar-refractivity contribution is 1.24. The topological polar surface area (TPSA) is 67.6 Å². The van der Waals surface area contributed by atoms with E-state index in [1.54, 1.807) is 30.5 Å². The summed E-state index contributed by atoms with van der Waals surface area (Å²) >= 11 is 11.9. The van der Waals surface area contributed by atoms with Gasteiger partial charge in [0.25, 0.3) is 0 Å². The molecule has 0 spiro atoms. The highest BCUT2D eigenvalue weighted by Crippen LogP contribution is 2.29. The quantitative estimate of drug-likeness (QED) is 0.716. The zero-order chi connectivity index (χ0) is 12.7. The van der Waals surface area contributed by atoms with Crippen LogP contribution in [0, 0.1) is 0 Å². The lowest BCUT2D eigenvalue weighted by Crippen LogP contribution is -1.93. The third kappa shape index (κ3) is 1.79. The number of hydrogen-bond acceptors (Lipinski definition) is 3. The number of pyridine rings is 1. The summed E-state index contributed by atoms with van der Waals surface area (Å²) in [7, 11) is 0. The van der Waals surface area contributed by atoms with Crippen LogP contribution in [0.5, 0.6) is 0 Å². The first-order chi connectivity index (χ1) is 8.65. The van der Waals surface area contributed by atoms with Gasteiger partial charge in [0.1, 0.15) is 5.69 Å². The number of anilines is 1. The molecule has 90 valence electrons. The molecular formula is C12H8Cl2N4. The Kier molecular flexibility index (Phi) is 2.61. The van der Waals surface area contributed by atoms with Gasteiger partial charge in [0.05, 0.1) is 26.8 Å². The van der Waals surface area contributed by atoms with Crippen LogP contribution in [0.15, 0.2) is 30.5 Å². The summed E-state index contributed by atoms with van der Waals surface area (Å²) in [5.74, 6) is 0.599. The lowest BCUT2D eigenvalue weighted by Gasteiger charge is -1.98. The number of nitrogens with two attached hydrogens (primary N) is 1. The third-order valence-electron chi connectivity index (χ3n) is 2.59. The molecule has 0 fully saturated rings. The fourth-order valence-electron chi connectivity index (χ4n) is 1.73. The first-order valence-electron chi connectivity index (χ1n) is 5.21. The van der Waals surface area contributed by atoms with E-state index >= 15 is 0 Å². The van der Waals surface area contributed by atoms with E-state index < -0.39 is 0 Å². The minimum Gasteiger partial charge on any atom is -0.397 e. The van der Waals surface area contributed by atoms with E-state index in [0.29, 0.717) is 27.3 Å². The molecule has 18 heavy (non-hydrogen) atoms. The van der Waals surface area contributed by atoms with Gasteiger partial charge in [-0.1, -0.05) is 23.2 Å². The monoisotopic (exact) mass is 278 g/mol. The van der Waals surface area contributed by atoms with Gasteiger partial charge in [-0.2, -0.15) is 0 Å². The van der Waals surface area contributed by atoms with E-state index in [2.05, 4.69) is 15.0 Å². The Hall–Kier alpha value is -1.78. The van der Waals surface area contributed by atoms with E-state index in [4.69, 9.17) is 28.9 Å². The van der Waals surface area contributed by atoms with Gasteiger partial charge in [0.15, 0.2) is 5.82 Å². The number of rotatable bonds is 1. The van der Waals surface area contributed by atoms with Crippen LogP contribution in [0.4, 0.5) is 5.69 Å². The van der Waals surface area contributed by atoms with Crippen molar-refractivity contribution in [2.45, 2.75) is 0 Å². The molecule has 3 rings (SSSR count). The molecule has 2 aromatic heterocycles. The number of nitrogens with one attached hydrogen (secondary N) is 1. The van der Waals surface area contributed by atoms with Gasteiger partial charge in [-0.05, 0) is 24.3 Å². The standard InChI is InChI=1S/C12H8Cl2N4/c13-6-4-9-10(5-7(6)14)18-12(17-9)11-8(15)2-1-3-16-11/h1-5H,15H2,(H,17,18). The SMILES string of the molecule is Nc1cccnc1-c1nc2cc(Cl)c(Cl)cc2[nH]1. The Balaban J connectivity index is 2.23. The number of aromatic amines is 1. The Morgan fingerprint density at radius 3 is 2.72 bits per heavy atom. The molecule has 1 aromatic carbocycles. The average Bonchev–Trinajstić information content (AvgIpc) is 2.73. The van der Waals surface area contributed by atoms with Crippen LogP contribution < -0.4 is 5.73 Å². The van der Waals surface area contributed by atoms with Crippen molar-refractivity contribution in [1.29, 1.82) is 0 Å². The largest absolute Gasteiger partial charge is 0.397 e. The molecular weight excluding hydrogens is 271 g/mol. The second-order valence-electron chi connectivity index (χ2n) is 3.81. The van der Waals surface area contributed by atoms with E-state index in [9.17, 15) is 0 Å². The maximum atomic E-state index is 5.95. The Morgan fingerprint density at radius 2 is 1.94 bits per heavy atom. The van der Waals surface area contributed by atoms with Crippen molar-refractivity contribution in [3.8, 4) is 11.5 Å². The molecule has 0 saturated heterocycles. The lowest BCUT2D eigenvalue weighted by atomic mass is 10.3. The van der Waals surface area contributed by atoms with Crippen LogP contribution in [0.1, 0.15) is 0 Å². The fraction of sp³-hybridized carbons (Fsp3) is 0. The van der Waals surface area contributed by atoms with Crippen molar-refractivity contribution in [2.24, 2.45) is 0 Å². The molecule has 0 amide bonds. The minimum atomic E-state index is 0.469. The number of nitrogen functional groups attached to an aromatic ring is 1. The van der Waals surface area contributed by atoms with Crippen molar-refractivity contribution in [1.82, 2.24) is 15.0 Å². The smallest absolute Gasteiger partial charge is 0.159 e. The predicted molar refractivity (Wildman–Crippen MR) is 73.8 cm³/mol. The van der Waals surface area contributed by atoms with Gasteiger partial charge in [-0.15, -0.1) is 0 Å². The number of imidazole rings is 1. The zero-order valence-corrected chi connectivity index (χ0v) is 10.6. The molecule has 0 aliphatic heterocycles. The summed E-state index contributed by atoms with van der Waals surface area (Å²) < 4.78 is 0. The summed E-state index contributed by atoms with van der Waals surface area (Å²) in [6.45, 7) is 0. The number of halogens is 2. The number of hydrogen-bond donors (Lipinski definition) is 2. The Morgan fingerprint density at radius 1 is 1.17 bits per heavy atom. The molecule has 0 unspecified atom stereocenters. The number of aromatic nitrogens is 3. The first kappa shape index (κ1) is 11.3. The molecule has 3 aromatic rings. The highest BCUT2D eigenvalue weighted by atomic mass is 35.5. The Bertz CT molecular complexity index is 697. The number of benzene rings is 1. The van der Waals surface area contributed by atoms with Gasteiger partial charge in [0, 0.05) is 6.20 Å². The molecule has 0 radical (unpaired) electrons. The van der Waals surface area contributed by atoms with Gasteiger partial charge < -0.3 is 10.7 Å². The predicted octanol–water partition coefficient (Wildman–Crippen LogP) is 3.51. The number of fused-ring (bicyclic) bond motifs is 1. The van der Waals surface area contributed by atoms with Crippen molar-refractivity contribution >= 4 is 39.9 Å². The van der Waals surface area contributed by atoms with E-state index in [1.165, 1.54) is 0 Å². The number of H-pyrrole nitrogens is 1. The van der Waals surface area contributed by atoms with E-state index in [0.717, 1.165) is 11.0 Å². The summed E-state index contributed by atoms with van der Waals surface area (Å²) in [5.41, 5.74) is 8.56. The van der Waals surface area contributed by atoms with Crippen LogP contribution in [0.3, 0.4) is 0 Å². The van der Waals surface area contributed by atoms with Gasteiger partial charge in [0.2, 0.25) is 0 Å². The second-order valence-corrected chi connectivity index (χ2v) is 4.62. The summed E-state index contributed by atoms with van der Waals surface area (Å²) in [6.07, 6.45) is 1.67. The number of nitrogens with zero attached hydrogens (tertiary/aromatic N) is 2. The molecule has 2 heterocycles. The maximum Gasteiger partial charge on any atom is 0.159 e.